The third-order valence-electron chi connectivity index (χ3n) is 3.30. The number of ether oxygens (including phenoxy) is 1. The van der Waals surface area contributed by atoms with Crippen LogP contribution in [-0.4, -0.2) is 41.6 Å². The number of carboxylic acid groups (broad SMARTS) is 1. The van der Waals surface area contributed by atoms with Gasteiger partial charge in [-0.1, -0.05) is 13.8 Å². The molecular formula is C17H25NO4. The highest BCUT2D eigenvalue weighted by molar-refractivity contribution is 5.95. The fraction of sp³-hybridized carbons (Fsp3) is 0.529. The van der Waals surface area contributed by atoms with Gasteiger partial charge in [-0.2, -0.15) is 0 Å². The molecule has 0 aromatic heterocycles. The van der Waals surface area contributed by atoms with Gasteiger partial charge < -0.3 is 14.7 Å². The van der Waals surface area contributed by atoms with Gasteiger partial charge in [0.2, 0.25) is 0 Å². The molecule has 1 aromatic rings. The Morgan fingerprint density at radius 3 is 2.18 bits per heavy atom. The predicted molar refractivity (Wildman–Crippen MR) is 85.5 cm³/mol. The Kier molecular flexibility index (Phi) is 6.40. The van der Waals surface area contributed by atoms with Crippen molar-refractivity contribution in [2.24, 2.45) is 5.92 Å². The summed E-state index contributed by atoms with van der Waals surface area (Å²) >= 11 is 0. The molecule has 22 heavy (non-hydrogen) atoms. The van der Waals surface area contributed by atoms with Gasteiger partial charge in [-0.3, -0.25) is 4.79 Å². The Balaban J connectivity index is 3.02. The van der Waals surface area contributed by atoms with Gasteiger partial charge >= 0.3 is 5.97 Å². The highest BCUT2D eigenvalue weighted by Crippen LogP contribution is 2.25. The average molecular weight is 307 g/mol. The van der Waals surface area contributed by atoms with Crippen LogP contribution in [0.15, 0.2) is 12.1 Å². The minimum atomic E-state index is -1.02. The smallest absolute Gasteiger partial charge is 0.341 e. The zero-order valence-electron chi connectivity index (χ0n) is 14.0. The van der Waals surface area contributed by atoms with E-state index in [2.05, 4.69) is 13.8 Å². The number of hydrogen-bond donors (Lipinski definition) is 1. The van der Waals surface area contributed by atoms with Crippen LogP contribution in [0.2, 0.25) is 0 Å². The van der Waals surface area contributed by atoms with E-state index in [0.717, 1.165) is 11.1 Å². The molecule has 5 heteroatoms. The van der Waals surface area contributed by atoms with Crippen LogP contribution in [0.25, 0.3) is 0 Å². The highest BCUT2D eigenvalue weighted by atomic mass is 16.5. The zero-order chi connectivity index (χ0) is 16.9. The largest absolute Gasteiger partial charge is 0.481 e. The lowest BCUT2D eigenvalue weighted by molar-refractivity contribution is -0.139. The molecule has 1 N–H and O–H groups in total. The molecule has 0 radical (unpaired) electrons. The minimum absolute atomic E-state index is 0.00724. The second kappa shape index (κ2) is 7.82. The van der Waals surface area contributed by atoms with Crippen molar-refractivity contribution in [3.8, 4) is 5.75 Å². The monoisotopic (exact) mass is 307 g/mol. The first-order valence-corrected chi connectivity index (χ1v) is 7.51. The molecule has 0 bridgehead atoms. The van der Waals surface area contributed by atoms with Gasteiger partial charge in [-0.25, -0.2) is 4.79 Å². The summed E-state index contributed by atoms with van der Waals surface area (Å²) in [6, 6.07) is 3.52. The summed E-state index contributed by atoms with van der Waals surface area (Å²) in [6.07, 6.45) is 0. The Morgan fingerprint density at radius 2 is 1.77 bits per heavy atom. The van der Waals surface area contributed by atoms with E-state index in [9.17, 15) is 9.59 Å². The molecule has 0 atom stereocenters. The van der Waals surface area contributed by atoms with E-state index in [-0.39, 0.29) is 12.5 Å². The van der Waals surface area contributed by atoms with Crippen molar-refractivity contribution >= 4 is 11.9 Å². The van der Waals surface area contributed by atoms with Crippen LogP contribution >= 0.6 is 0 Å². The summed E-state index contributed by atoms with van der Waals surface area (Å²) in [4.78, 5) is 25.0. The Labute approximate surface area is 131 Å². The normalized spacial score (nSPS) is 10.6. The average Bonchev–Trinajstić information content (AvgIpc) is 2.42. The first kappa shape index (κ1) is 18.0. The molecule has 0 aliphatic rings. The zero-order valence-corrected chi connectivity index (χ0v) is 14.0. The summed E-state index contributed by atoms with van der Waals surface area (Å²) < 4.78 is 5.29. The van der Waals surface area contributed by atoms with Crippen molar-refractivity contribution in [2.45, 2.75) is 34.6 Å². The highest BCUT2D eigenvalue weighted by Gasteiger charge is 2.18. The van der Waals surface area contributed by atoms with E-state index in [1.807, 2.05) is 25.7 Å². The SMILES string of the molecule is CCN(CC(C)C)C(=O)c1cc(C)c(OCC(=O)O)c(C)c1. The van der Waals surface area contributed by atoms with E-state index >= 15 is 0 Å². The number of amides is 1. The number of hydrogen-bond acceptors (Lipinski definition) is 3. The number of rotatable bonds is 7. The van der Waals surface area contributed by atoms with Crippen molar-refractivity contribution < 1.29 is 19.4 Å². The van der Waals surface area contributed by atoms with Crippen LogP contribution in [-0.2, 0) is 4.79 Å². The molecule has 0 aliphatic carbocycles. The molecule has 0 fully saturated rings. The second-order valence-electron chi connectivity index (χ2n) is 5.86. The molecule has 1 aromatic carbocycles. The summed E-state index contributed by atoms with van der Waals surface area (Å²) in [5, 5.41) is 8.70. The van der Waals surface area contributed by atoms with Crippen molar-refractivity contribution in [1.82, 2.24) is 4.90 Å². The van der Waals surface area contributed by atoms with Crippen LogP contribution in [0.1, 0.15) is 42.3 Å². The van der Waals surface area contributed by atoms with E-state index in [1.54, 1.807) is 12.1 Å². The van der Waals surface area contributed by atoms with Crippen molar-refractivity contribution in [1.29, 1.82) is 0 Å². The Hall–Kier alpha value is -2.04. The second-order valence-corrected chi connectivity index (χ2v) is 5.86. The number of carbonyl (C=O) groups is 2. The first-order chi connectivity index (χ1) is 10.3. The van der Waals surface area contributed by atoms with Crippen molar-refractivity contribution in [3.05, 3.63) is 28.8 Å². The van der Waals surface area contributed by atoms with Crippen LogP contribution in [0.4, 0.5) is 0 Å². The maximum atomic E-state index is 12.6. The Bertz CT molecular complexity index is 529. The van der Waals surface area contributed by atoms with E-state index < -0.39 is 5.97 Å². The van der Waals surface area contributed by atoms with Crippen LogP contribution < -0.4 is 4.74 Å². The van der Waals surface area contributed by atoms with Crippen molar-refractivity contribution in [3.63, 3.8) is 0 Å². The number of benzene rings is 1. The fourth-order valence-electron chi connectivity index (χ4n) is 2.41. The standard InChI is InChI=1S/C17H25NO4/c1-6-18(9-11(2)3)17(21)14-7-12(4)16(13(5)8-14)22-10-15(19)20/h7-8,11H,6,9-10H2,1-5H3,(H,19,20). The van der Waals surface area contributed by atoms with Gasteiger partial charge in [0, 0.05) is 18.7 Å². The van der Waals surface area contributed by atoms with Gasteiger partial charge in [0.05, 0.1) is 0 Å². The van der Waals surface area contributed by atoms with E-state index in [4.69, 9.17) is 9.84 Å². The van der Waals surface area contributed by atoms with Gasteiger partial charge in [0.15, 0.2) is 6.61 Å². The molecule has 0 unspecified atom stereocenters. The predicted octanol–water partition coefficient (Wildman–Crippen LogP) is 2.88. The molecule has 0 heterocycles. The lowest BCUT2D eigenvalue weighted by atomic mass is 10.0. The molecule has 1 amide bonds. The van der Waals surface area contributed by atoms with Gasteiger partial charge in [-0.15, -0.1) is 0 Å². The maximum absolute atomic E-state index is 12.6. The number of nitrogens with zero attached hydrogens (tertiary/aromatic N) is 1. The molecular weight excluding hydrogens is 282 g/mol. The maximum Gasteiger partial charge on any atom is 0.341 e. The van der Waals surface area contributed by atoms with E-state index in [0.29, 0.717) is 30.3 Å². The number of aryl methyl sites for hydroxylation is 2. The lowest BCUT2D eigenvalue weighted by Crippen LogP contribution is -2.34. The number of aliphatic carboxylic acids is 1. The van der Waals surface area contributed by atoms with E-state index in [1.165, 1.54) is 0 Å². The van der Waals surface area contributed by atoms with Gasteiger partial charge in [0.25, 0.3) is 5.91 Å². The first-order valence-electron chi connectivity index (χ1n) is 7.51. The van der Waals surface area contributed by atoms with Crippen LogP contribution in [0.3, 0.4) is 0 Å². The van der Waals surface area contributed by atoms with Crippen LogP contribution in [0.5, 0.6) is 5.75 Å². The van der Waals surface area contributed by atoms with Crippen LogP contribution in [0, 0.1) is 19.8 Å². The molecule has 122 valence electrons. The number of carbonyl (C=O) groups excluding carboxylic acids is 1. The minimum Gasteiger partial charge on any atom is -0.481 e. The van der Waals surface area contributed by atoms with Crippen molar-refractivity contribution in [2.75, 3.05) is 19.7 Å². The Morgan fingerprint density at radius 1 is 1.23 bits per heavy atom. The summed E-state index contributed by atoms with van der Waals surface area (Å²) in [5.74, 6) is -0.0876. The third-order valence-corrected chi connectivity index (χ3v) is 3.30. The van der Waals surface area contributed by atoms with Gasteiger partial charge in [-0.05, 0) is 49.9 Å². The molecule has 0 aliphatic heterocycles. The topological polar surface area (TPSA) is 66.8 Å². The summed E-state index contributed by atoms with van der Waals surface area (Å²) in [5.41, 5.74) is 2.15. The third kappa shape index (κ3) is 4.76. The molecule has 5 nitrogen and oxygen atoms in total. The molecule has 0 saturated heterocycles. The quantitative estimate of drug-likeness (QED) is 0.841. The molecule has 0 saturated carbocycles. The molecule has 1 rings (SSSR count). The van der Waals surface area contributed by atoms with Gasteiger partial charge in [0.1, 0.15) is 5.75 Å². The lowest BCUT2D eigenvalue weighted by Gasteiger charge is -2.23. The number of carboxylic acids is 1. The summed E-state index contributed by atoms with van der Waals surface area (Å²) in [7, 11) is 0. The summed E-state index contributed by atoms with van der Waals surface area (Å²) in [6.45, 7) is 10.7. The molecule has 0 spiro atoms. The fourth-order valence-corrected chi connectivity index (χ4v) is 2.41.